The predicted octanol–water partition coefficient (Wildman–Crippen LogP) is 4.29. The molecule has 2 aromatic carbocycles. The van der Waals surface area contributed by atoms with E-state index in [1.54, 1.807) is 18.5 Å². The molecule has 2 heterocycles. The molecule has 0 saturated carbocycles. The maximum absolute atomic E-state index is 14.7. The Bertz CT molecular complexity index is 970. The number of benzene rings is 2. The first-order valence-electron chi connectivity index (χ1n) is 7.42. The lowest BCUT2D eigenvalue weighted by molar-refractivity contribution is 0.556. The lowest BCUT2D eigenvalue weighted by atomic mass is 9.77. The Hall–Kier alpha value is -2.53. The summed E-state index contributed by atoms with van der Waals surface area (Å²) in [7, 11) is 0. The number of halogens is 2. The Morgan fingerprint density at radius 2 is 1.92 bits per heavy atom. The Morgan fingerprint density at radius 3 is 2.71 bits per heavy atom. The van der Waals surface area contributed by atoms with Gasteiger partial charge in [-0.15, -0.1) is 0 Å². The quantitative estimate of drug-likeness (QED) is 0.673. The van der Waals surface area contributed by atoms with E-state index in [2.05, 4.69) is 20.9 Å². The normalized spacial score (nSPS) is 18.6. The highest BCUT2D eigenvalue weighted by Crippen LogP contribution is 2.46. The highest BCUT2D eigenvalue weighted by atomic mass is 79.9. The fraction of sp³-hybridized carbons (Fsp3) is 0.0526. The van der Waals surface area contributed by atoms with Gasteiger partial charge in [0, 0.05) is 33.7 Å². The van der Waals surface area contributed by atoms with Crippen molar-refractivity contribution in [2.45, 2.75) is 5.54 Å². The standard InChI is InChI=1S/C19H13BrFN3/c20-14-3-1-2-13(9-14)19(17-6-7-23-11-18(17)21)16-5-4-15(22)8-12(16)10-24-19/h1-11H,22H2. The number of nitrogen functional groups attached to an aromatic ring is 1. The van der Waals surface area contributed by atoms with E-state index in [0.717, 1.165) is 21.2 Å². The summed E-state index contributed by atoms with van der Waals surface area (Å²) < 4.78 is 15.6. The molecule has 1 aliphatic heterocycles. The monoisotopic (exact) mass is 381 g/mol. The van der Waals surface area contributed by atoms with E-state index in [9.17, 15) is 4.39 Å². The van der Waals surface area contributed by atoms with Crippen molar-refractivity contribution in [3.63, 3.8) is 0 Å². The van der Waals surface area contributed by atoms with Crippen LogP contribution in [0.25, 0.3) is 0 Å². The van der Waals surface area contributed by atoms with E-state index >= 15 is 0 Å². The second-order valence-corrected chi connectivity index (χ2v) is 6.60. The second-order valence-electron chi connectivity index (χ2n) is 5.68. The van der Waals surface area contributed by atoms with Gasteiger partial charge in [0.25, 0.3) is 0 Å². The summed E-state index contributed by atoms with van der Waals surface area (Å²) in [5.74, 6) is -0.390. The van der Waals surface area contributed by atoms with Crippen LogP contribution in [0.1, 0.15) is 22.3 Å². The largest absolute Gasteiger partial charge is 0.399 e. The van der Waals surface area contributed by atoms with E-state index in [1.165, 1.54) is 6.20 Å². The van der Waals surface area contributed by atoms with Gasteiger partial charge in [-0.3, -0.25) is 9.98 Å². The Kier molecular flexibility index (Phi) is 3.46. The zero-order chi connectivity index (χ0) is 16.7. The lowest BCUT2D eigenvalue weighted by Gasteiger charge is -2.29. The van der Waals surface area contributed by atoms with Gasteiger partial charge >= 0.3 is 0 Å². The summed E-state index contributed by atoms with van der Waals surface area (Å²) in [4.78, 5) is 8.62. The summed E-state index contributed by atoms with van der Waals surface area (Å²) in [5.41, 5.74) is 8.75. The SMILES string of the molecule is Nc1ccc2c(c1)C=NC2(c1cccc(Br)c1)c1ccncc1F. The smallest absolute Gasteiger partial charge is 0.147 e. The number of nitrogens with two attached hydrogens (primary N) is 1. The molecule has 0 radical (unpaired) electrons. The number of hydrogen-bond acceptors (Lipinski definition) is 3. The van der Waals surface area contributed by atoms with Crippen LogP contribution in [0.2, 0.25) is 0 Å². The fourth-order valence-corrected chi connectivity index (χ4v) is 3.63. The molecule has 1 aliphatic rings. The van der Waals surface area contributed by atoms with Crippen LogP contribution in [-0.4, -0.2) is 11.2 Å². The van der Waals surface area contributed by atoms with Crippen LogP contribution in [0.4, 0.5) is 10.1 Å². The van der Waals surface area contributed by atoms with Crippen molar-refractivity contribution in [3.05, 3.63) is 93.5 Å². The molecule has 3 aromatic rings. The van der Waals surface area contributed by atoms with Crippen LogP contribution in [0.15, 0.2) is 70.4 Å². The number of anilines is 1. The zero-order valence-corrected chi connectivity index (χ0v) is 14.2. The highest BCUT2D eigenvalue weighted by molar-refractivity contribution is 9.10. The van der Waals surface area contributed by atoms with Crippen LogP contribution < -0.4 is 5.73 Å². The molecule has 0 amide bonds. The number of nitrogens with zero attached hydrogens (tertiary/aromatic N) is 2. The van der Waals surface area contributed by atoms with Crippen molar-refractivity contribution in [3.8, 4) is 0 Å². The minimum atomic E-state index is -0.945. The number of pyridine rings is 1. The summed E-state index contributed by atoms with van der Waals surface area (Å²) >= 11 is 3.50. The summed E-state index contributed by atoms with van der Waals surface area (Å²) in [6.07, 6.45) is 4.56. The van der Waals surface area contributed by atoms with Crippen LogP contribution in [-0.2, 0) is 5.54 Å². The first-order valence-corrected chi connectivity index (χ1v) is 8.22. The second kappa shape index (κ2) is 5.53. The molecule has 0 fully saturated rings. The zero-order valence-electron chi connectivity index (χ0n) is 12.6. The molecule has 5 heteroatoms. The minimum absolute atomic E-state index is 0.390. The molecule has 0 spiro atoms. The van der Waals surface area contributed by atoms with E-state index in [-0.39, 0.29) is 5.82 Å². The van der Waals surface area contributed by atoms with Gasteiger partial charge in [-0.1, -0.05) is 34.1 Å². The topological polar surface area (TPSA) is 51.3 Å². The third-order valence-electron chi connectivity index (χ3n) is 4.27. The average molecular weight is 382 g/mol. The van der Waals surface area contributed by atoms with Crippen LogP contribution in [0, 0.1) is 5.82 Å². The van der Waals surface area contributed by atoms with Gasteiger partial charge in [-0.2, -0.15) is 0 Å². The van der Waals surface area contributed by atoms with Crippen molar-refractivity contribution in [2.24, 2.45) is 4.99 Å². The van der Waals surface area contributed by atoms with Crippen molar-refractivity contribution in [1.82, 2.24) is 4.98 Å². The molecule has 2 N–H and O–H groups in total. The average Bonchev–Trinajstić information content (AvgIpc) is 2.95. The van der Waals surface area contributed by atoms with E-state index in [0.29, 0.717) is 11.3 Å². The van der Waals surface area contributed by atoms with Gasteiger partial charge in [0.05, 0.1) is 6.20 Å². The van der Waals surface area contributed by atoms with Crippen molar-refractivity contribution < 1.29 is 4.39 Å². The van der Waals surface area contributed by atoms with E-state index < -0.39 is 5.54 Å². The molecular formula is C19H13BrFN3. The molecule has 0 aliphatic carbocycles. The molecule has 1 unspecified atom stereocenters. The van der Waals surface area contributed by atoms with Gasteiger partial charge in [-0.25, -0.2) is 4.39 Å². The van der Waals surface area contributed by atoms with Gasteiger partial charge in [0.1, 0.15) is 11.4 Å². The first-order chi connectivity index (χ1) is 11.6. The molecule has 1 aromatic heterocycles. The Morgan fingerprint density at radius 1 is 1.04 bits per heavy atom. The number of aromatic nitrogens is 1. The third-order valence-corrected chi connectivity index (χ3v) is 4.76. The molecule has 0 bridgehead atoms. The summed E-state index contributed by atoms with van der Waals surface area (Å²) in [6.45, 7) is 0. The molecule has 0 saturated heterocycles. The summed E-state index contributed by atoms with van der Waals surface area (Å²) in [6, 6.07) is 15.0. The highest BCUT2D eigenvalue weighted by Gasteiger charge is 2.42. The minimum Gasteiger partial charge on any atom is -0.399 e. The number of aliphatic imine (C=N–C) groups is 1. The summed E-state index contributed by atoms with van der Waals surface area (Å²) in [5, 5.41) is 0. The van der Waals surface area contributed by atoms with Crippen molar-refractivity contribution in [1.29, 1.82) is 0 Å². The van der Waals surface area contributed by atoms with Crippen molar-refractivity contribution >= 4 is 27.8 Å². The molecule has 3 nitrogen and oxygen atoms in total. The maximum Gasteiger partial charge on any atom is 0.147 e. The van der Waals surface area contributed by atoms with Gasteiger partial charge in [0.2, 0.25) is 0 Å². The molecular weight excluding hydrogens is 369 g/mol. The van der Waals surface area contributed by atoms with E-state index in [1.807, 2.05) is 42.5 Å². The molecule has 118 valence electrons. The predicted molar refractivity (Wildman–Crippen MR) is 96.7 cm³/mol. The van der Waals surface area contributed by atoms with Crippen molar-refractivity contribution in [2.75, 3.05) is 5.73 Å². The fourth-order valence-electron chi connectivity index (χ4n) is 3.24. The van der Waals surface area contributed by atoms with Gasteiger partial charge < -0.3 is 5.73 Å². The molecule has 1 atom stereocenters. The van der Waals surface area contributed by atoms with Crippen LogP contribution in [0.3, 0.4) is 0 Å². The molecule has 4 rings (SSSR count). The Labute approximate surface area is 147 Å². The Balaban J connectivity index is 2.08. The van der Waals surface area contributed by atoms with Gasteiger partial charge in [0.15, 0.2) is 0 Å². The number of fused-ring (bicyclic) bond motifs is 1. The van der Waals surface area contributed by atoms with Crippen LogP contribution in [0.5, 0.6) is 0 Å². The maximum atomic E-state index is 14.7. The third kappa shape index (κ3) is 2.16. The molecule has 24 heavy (non-hydrogen) atoms. The lowest BCUT2D eigenvalue weighted by Crippen LogP contribution is -2.26. The van der Waals surface area contributed by atoms with E-state index in [4.69, 9.17) is 10.7 Å². The number of hydrogen-bond donors (Lipinski definition) is 1. The number of rotatable bonds is 2. The van der Waals surface area contributed by atoms with Crippen LogP contribution >= 0.6 is 15.9 Å². The first kappa shape index (κ1) is 15.0. The van der Waals surface area contributed by atoms with Gasteiger partial charge in [-0.05, 0) is 41.5 Å².